The van der Waals surface area contributed by atoms with Crippen LogP contribution >= 0.6 is 22.9 Å². The summed E-state index contributed by atoms with van der Waals surface area (Å²) in [7, 11) is 0. The number of rotatable bonds is 8. The Morgan fingerprint density at radius 3 is 2.64 bits per heavy atom. The predicted octanol–water partition coefficient (Wildman–Crippen LogP) is 5.13. The summed E-state index contributed by atoms with van der Waals surface area (Å²) in [5.74, 6) is 6.72. The van der Waals surface area contributed by atoms with E-state index in [2.05, 4.69) is 32.5 Å². The third-order valence-corrected chi connectivity index (χ3v) is 12.2. The molecule has 4 aliphatic heterocycles. The molecule has 1 unspecified atom stereocenters. The molecule has 0 saturated carbocycles. The molecule has 8 rings (SSSR count). The van der Waals surface area contributed by atoms with Gasteiger partial charge >= 0.3 is 0 Å². The first-order chi connectivity index (χ1) is 26.9. The van der Waals surface area contributed by atoms with Gasteiger partial charge in [0.15, 0.2) is 0 Å². The number of aromatic nitrogens is 2. The molecule has 56 heavy (non-hydrogen) atoms. The monoisotopic (exact) mass is 788 g/mol. The molecular weight excluding hydrogens is 748 g/mol. The van der Waals surface area contributed by atoms with Crippen LogP contribution in [0.2, 0.25) is 5.02 Å². The Morgan fingerprint density at radius 1 is 1.11 bits per heavy atom. The van der Waals surface area contributed by atoms with Crippen molar-refractivity contribution in [1.82, 2.24) is 24.9 Å². The fourth-order valence-electron chi connectivity index (χ4n) is 7.75. The molecule has 15 heteroatoms. The third kappa shape index (κ3) is 7.13. The normalized spacial score (nSPS) is 19.8. The Kier molecular flexibility index (Phi) is 10.1. The van der Waals surface area contributed by atoms with Gasteiger partial charge in [0.1, 0.15) is 28.8 Å². The van der Waals surface area contributed by atoms with E-state index in [9.17, 15) is 14.4 Å². The van der Waals surface area contributed by atoms with Gasteiger partial charge < -0.3 is 15.1 Å². The standard InChI is InChI=1S/C41H41ClN10O3S/c1-23-34(56-41-36(23)37(28-8-10-29(42)11-9-28)47-24(2)38(44)52(41)25(3)43)13-7-26-18-46-50(21-26)16-15-49-19-27(20-49)17-45-32-6-4-5-30-31(32)22-51(40(30)55)33-12-14-35(53)48-39(33)54/h4-6,8-11,18,21,24,27,33,43-45H,12,14-17,19-20,22H2,1-3H3,(H,48,53,54)/t24-,33?/m0/s1. The van der Waals surface area contributed by atoms with Gasteiger partial charge in [0.2, 0.25) is 11.8 Å². The molecule has 0 spiro atoms. The van der Waals surface area contributed by atoms with Crippen molar-refractivity contribution in [2.45, 2.75) is 58.8 Å². The van der Waals surface area contributed by atoms with Crippen LogP contribution in [0.3, 0.4) is 0 Å². The topological polar surface area (TPSA) is 163 Å². The van der Waals surface area contributed by atoms with E-state index in [0.717, 1.165) is 81.8 Å². The number of imide groups is 1. The number of carbonyl (C=O) groups excluding carboxylic acids is 3. The lowest BCUT2D eigenvalue weighted by atomic mass is 9.99. The van der Waals surface area contributed by atoms with Gasteiger partial charge in [-0.25, -0.2) is 0 Å². The summed E-state index contributed by atoms with van der Waals surface area (Å²) in [6.45, 7) is 10.2. The van der Waals surface area contributed by atoms with Crippen LogP contribution in [0.25, 0.3) is 0 Å². The van der Waals surface area contributed by atoms with E-state index in [4.69, 9.17) is 27.4 Å². The average molecular weight is 789 g/mol. The molecule has 0 aliphatic carbocycles. The van der Waals surface area contributed by atoms with Crippen LogP contribution in [-0.4, -0.2) is 92.9 Å². The largest absolute Gasteiger partial charge is 0.384 e. The van der Waals surface area contributed by atoms with Crippen molar-refractivity contribution in [2.75, 3.05) is 36.4 Å². The van der Waals surface area contributed by atoms with Gasteiger partial charge in [-0.1, -0.05) is 41.6 Å². The maximum absolute atomic E-state index is 13.2. The van der Waals surface area contributed by atoms with Crippen LogP contribution in [0, 0.1) is 35.5 Å². The Bertz CT molecular complexity index is 2380. The van der Waals surface area contributed by atoms with Crippen LogP contribution < -0.4 is 15.5 Å². The highest BCUT2D eigenvalue weighted by Gasteiger charge is 2.40. The lowest BCUT2D eigenvalue weighted by Crippen LogP contribution is -2.52. The molecule has 4 aromatic rings. The number of benzene rings is 2. The molecule has 3 amide bonds. The minimum absolute atomic E-state index is 0.169. The Hall–Kier alpha value is -5.62. The van der Waals surface area contributed by atoms with Gasteiger partial charge in [-0.2, -0.15) is 5.10 Å². The SMILES string of the molecule is CC(=N)N1C(=N)[C@H](C)N=C(c2ccc(Cl)cc2)c2c1sc(C#Cc1cnn(CCN3CC(CNc4cccc5c4CN(C4CCC(=O)NC4=O)C5=O)C3)c1)c2C. The first-order valence-corrected chi connectivity index (χ1v) is 19.8. The van der Waals surface area contributed by atoms with E-state index in [1.54, 1.807) is 29.0 Å². The van der Waals surface area contributed by atoms with E-state index in [0.29, 0.717) is 29.5 Å². The summed E-state index contributed by atoms with van der Waals surface area (Å²) in [5.41, 5.74) is 6.70. The summed E-state index contributed by atoms with van der Waals surface area (Å²) in [6, 6.07) is 12.1. The lowest BCUT2D eigenvalue weighted by molar-refractivity contribution is -0.136. The van der Waals surface area contributed by atoms with E-state index < -0.39 is 18.0 Å². The average Bonchev–Trinajstić information content (AvgIpc) is 3.82. The number of thiophene rings is 1. The number of nitrogens with zero attached hydrogens (tertiary/aromatic N) is 6. The number of amides is 3. The number of hydrogen-bond acceptors (Lipinski definition) is 10. The number of amidine groups is 2. The van der Waals surface area contributed by atoms with Gasteiger partial charge in [-0.3, -0.25) is 45.1 Å². The molecular formula is C41H41ClN10O3S. The molecule has 6 heterocycles. The molecule has 0 radical (unpaired) electrons. The predicted molar refractivity (Wildman–Crippen MR) is 218 cm³/mol. The van der Waals surface area contributed by atoms with Gasteiger partial charge in [0.25, 0.3) is 5.91 Å². The number of halogens is 1. The zero-order chi connectivity index (χ0) is 39.2. The van der Waals surface area contributed by atoms with Crippen molar-refractivity contribution < 1.29 is 14.4 Å². The minimum atomic E-state index is -0.630. The second-order valence-corrected chi connectivity index (χ2v) is 16.1. The number of hydrogen-bond donors (Lipinski definition) is 4. The molecule has 2 fully saturated rings. The van der Waals surface area contributed by atoms with Crippen LogP contribution in [-0.2, 0) is 22.7 Å². The highest BCUT2D eigenvalue weighted by molar-refractivity contribution is 7.17. The summed E-state index contributed by atoms with van der Waals surface area (Å²) < 4.78 is 1.92. The first kappa shape index (κ1) is 37.3. The van der Waals surface area contributed by atoms with Crippen molar-refractivity contribution >= 4 is 68.7 Å². The third-order valence-electron chi connectivity index (χ3n) is 10.8. The molecule has 2 saturated heterocycles. The van der Waals surface area contributed by atoms with Gasteiger partial charge in [0, 0.05) is 84.2 Å². The summed E-state index contributed by atoms with van der Waals surface area (Å²) in [6.07, 6.45) is 4.31. The van der Waals surface area contributed by atoms with E-state index >= 15 is 0 Å². The van der Waals surface area contributed by atoms with Gasteiger partial charge in [-0.15, -0.1) is 11.3 Å². The van der Waals surface area contributed by atoms with Gasteiger partial charge in [-0.05, 0) is 57.0 Å². The molecule has 4 aliphatic rings. The summed E-state index contributed by atoms with van der Waals surface area (Å²) >= 11 is 7.67. The minimum Gasteiger partial charge on any atom is -0.384 e. The number of anilines is 2. The highest BCUT2D eigenvalue weighted by Crippen LogP contribution is 2.40. The number of nitrogens with one attached hydrogen (secondary N) is 4. The molecule has 4 N–H and O–H groups in total. The van der Waals surface area contributed by atoms with E-state index in [1.807, 2.05) is 61.1 Å². The number of fused-ring (bicyclic) bond motifs is 2. The molecule has 2 atom stereocenters. The summed E-state index contributed by atoms with van der Waals surface area (Å²) in [5, 5.41) is 29.3. The second-order valence-electron chi connectivity index (χ2n) is 14.7. The van der Waals surface area contributed by atoms with Gasteiger partial charge in [0.05, 0.1) is 28.9 Å². The van der Waals surface area contributed by atoms with Crippen molar-refractivity contribution in [2.24, 2.45) is 10.9 Å². The molecule has 13 nitrogen and oxygen atoms in total. The van der Waals surface area contributed by atoms with Crippen molar-refractivity contribution in [1.29, 1.82) is 10.8 Å². The number of aliphatic imine (C=N–C) groups is 1. The quantitative estimate of drug-likeness (QED) is 0.0833. The first-order valence-electron chi connectivity index (χ1n) is 18.6. The van der Waals surface area contributed by atoms with Crippen LogP contribution in [0.1, 0.15) is 69.7 Å². The summed E-state index contributed by atoms with van der Waals surface area (Å²) in [4.78, 5) is 48.7. The smallest absolute Gasteiger partial charge is 0.255 e. The van der Waals surface area contributed by atoms with Crippen LogP contribution in [0.5, 0.6) is 0 Å². The van der Waals surface area contributed by atoms with Crippen molar-refractivity contribution in [3.8, 4) is 11.8 Å². The lowest BCUT2D eigenvalue weighted by Gasteiger charge is -2.39. The molecule has 286 valence electrons. The second kappa shape index (κ2) is 15.1. The Labute approximate surface area is 333 Å². The van der Waals surface area contributed by atoms with E-state index in [-0.39, 0.29) is 29.9 Å². The van der Waals surface area contributed by atoms with Crippen LogP contribution in [0.15, 0.2) is 59.9 Å². The number of carbonyl (C=O) groups is 3. The molecule has 2 aromatic carbocycles. The number of piperidine rings is 1. The Balaban J connectivity index is 0.874. The zero-order valence-electron chi connectivity index (χ0n) is 31.3. The molecule has 0 bridgehead atoms. The van der Waals surface area contributed by atoms with E-state index in [1.165, 1.54) is 11.3 Å². The fraction of sp³-hybridized carbons (Fsp3) is 0.341. The molecule has 2 aromatic heterocycles. The van der Waals surface area contributed by atoms with Crippen molar-refractivity contribution in [3.63, 3.8) is 0 Å². The van der Waals surface area contributed by atoms with Crippen LogP contribution in [0.4, 0.5) is 10.7 Å². The zero-order valence-corrected chi connectivity index (χ0v) is 32.9. The highest BCUT2D eigenvalue weighted by atomic mass is 35.5. The maximum atomic E-state index is 13.2. The fourth-order valence-corrected chi connectivity index (χ4v) is 9.10. The number of likely N-dealkylation sites (tertiary alicyclic amines) is 1. The maximum Gasteiger partial charge on any atom is 0.255 e. The van der Waals surface area contributed by atoms with Crippen molar-refractivity contribution in [3.05, 3.63) is 98.1 Å². The Morgan fingerprint density at radius 2 is 1.89 bits per heavy atom.